The molecule has 6 nitrogen and oxygen atoms in total. The number of aromatic nitrogens is 5. The highest BCUT2D eigenvalue weighted by molar-refractivity contribution is 9.10. The predicted molar refractivity (Wildman–Crippen MR) is 53.8 cm³/mol. The van der Waals surface area contributed by atoms with Crippen molar-refractivity contribution in [2.24, 2.45) is 0 Å². The van der Waals surface area contributed by atoms with Gasteiger partial charge in [0.1, 0.15) is 0 Å². The molecule has 0 atom stereocenters. The monoisotopic (exact) mass is 254 g/mol. The molecule has 0 unspecified atom stereocenters. The lowest BCUT2D eigenvalue weighted by molar-refractivity contribution is 0.788. The maximum Gasteiger partial charge on any atom is 0.253 e. The first-order valence-corrected chi connectivity index (χ1v) is 4.63. The van der Waals surface area contributed by atoms with Gasteiger partial charge in [-0.2, -0.15) is 9.67 Å². The van der Waals surface area contributed by atoms with Crippen molar-refractivity contribution >= 4 is 21.9 Å². The average Bonchev–Trinajstić information content (AvgIpc) is 2.47. The number of hydrogen-bond acceptors (Lipinski definition) is 5. The topological polar surface area (TPSA) is 82.5 Å². The Bertz CT molecular complexity index is 448. The van der Waals surface area contributed by atoms with Gasteiger partial charge in [-0.05, 0) is 28.4 Å². The molecule has 7 heteroatoms. The minimum atomic E-state index is 0.182. The largest absolute Gasteiger partial charge is 0.366 e. The van der Waals surface area contributed by atoms with Crippen LogP contribution in [0.1, 0.15) is 5.56 Å². The Balaban J connectivity index is 2.49. The van der Waals surface area contributed by atoms with Gasteiger partial charge in [-0.3, -0.25) is 0 Å². The van der Waals surface area contributed by atoms with Crippen LogP contribution in [0, 0.1) is 6.92 Å². The molecule has 0 saturated heterocycles. The summed E-state index contributed by atoms with van der Waals surface area (Å²) in [6, 6.07) is 0. The second kappa shape index (κ2) is 3.33. The summed E-state index contributed by atoms with van der Waals surface area (Å²) in [6.07, 6.45) is 3.40. The van der Waals surface area contributed by atoms with E-state index >= 15 is 0 Å². The normalized spacial score (nSPS) is 10.4. The Hall–Kier alpha value is -1.50. The van der Waals surface area contributed by atoms with Crippen molar-refractivity contribution in [2.75, 3.05) is 5.73 Å². The van der Waals surface area contributed by atoms with Crippen LogP contribution in [-0.2, 0) is 0 Å². The van der Waals surface area contributed by atoms with Crippen LogP contribution in [-0.4, -0.2) is 24.7 Å². The second-order valence-electron chi connectivity index (χ2n) is 2.71. The average molecular weight is 255 g/mol. The molecule has 0 aliphatic rings. The van der Waals surface area contributed by atoms with Crippen LogP contribution in [0.2, 0.25) is 0 Å². The van der Waals surface area contributed by atoms with Crippen molar-refractivity contribution in [3.8, 4) is 5.95 Å². The van der Waals surface area contributed by atoms with E-state index in [-0.39, 0.29) is 5.95 Å². The molecule has 2 N–H and O–H groups in total. The molecule has 0 saturated carbocycles. The van der Waals surface area contributed by atoms with E-state index < -0.39 is 0 Å². The zero-order valence-electron chi connectivity index (χ0n) is 7.35. The van der Waals surface area contributed by atoms with Crippen molar-refractivity contribution in [1.82, 2.24) is 24.7 Å². The molecule has 0 aliphatic carbocycles. The van der Waals surface area contributed by atoms with Crippen molar-refractivity contribution < 1.29 is 0 Å². The fraction of sp³-hybridized carbons (Fsp3) is 0.143. The molecule has 2 heterocycles. The van der Waals surface area contributed by atoms with Gasteiger partial charge >= 0.3 is 0 Å². The molecule has 2 aromatic rings. The molecule has 0 aromatic carbocycles. The standard InChI is InChI=1S/C7H7BrN6/c1-4-2-10-7(11-3-4)14-5(8)12-6(9)13-14/h2-3H,1H3,(H2,9,13). The lowest BCUT2D eigenvalue weighted by atomic mass is 10.4. The summed E-state index contributed by atoms with van der Waals surface area (Å²) in [5.41, 5.74) is 6.40. The minimum Gasteiger partial charge on any atom is -0.366 e. The summed E-state index contributed by atoms with van der Waals surface area (Å²) in [5.74, 6) is 0.618. The van der Waals surface area contributed by atoms with Crippen LogP contribution < -0.4 is 5.73 Å². The summed E-state index contributed by atoms with van der Waals surface area (Å²) in [4.78, 5) is 12.0. The van der Waals surface area contributed by atoms with Gasteiger partial charge < -0.3 is 5.73 Å². The Morgan fingerprint density at radius 1 is 1.36 bits per heavy atom. The third kappa shape index (κ3) is 1.58. The van der Waals surface area contributed by atoms with Crippen LogP contribution >= 0.6 is 15.9 Å². The molecule has 2 rings (SSSR count). The van der Waals surface area contributed by atoms with Crippen LogP contribution in [0.15, 0.2) is 17.1 Å². The van der Waals surface area contributed by atoms with Crippen LogP contribution in [0.5, 0.6) is 0 Å². The molecular weight excluding hydrogens is 248 g/mol. The maximum atomic E-state index is 5.42. The second-order valence-corrected chi connectivity index (χ2v) is 3.42. The molecule has 0 amide bonds. The SMILES string of the molecule is Cc1cnc(-n2nc(N)nc2Br)nc1. The van der Waals surface area contributed by atoms with E-state index in [2.05, 4.69) is 36.0 Å². The number of nitrogen functional groups attached to an aromatic ring is 1. The zero-order valence-corrected chi connectivity index (χ0v) is 8.93. The predicted octanol–water partition coefficient (Wildman–Crippen LogP) is 0.710. The number of halogens is 1. The highest BCUT2D eigenvalue weighted by Gasteiger charge is 2.08. The van der Waals surface area contributed by atoms with Gasteiger partial charge in [-0.15, -0.1) is 5.10 Å². The molecular formula is C7H7BrN6. The van der Waals surface area contributed by atoms with Crippen LogP contribution in [0.3, 0.4) is 0 Å². The Morgan fingerprint density at radius 2 is 2.00 bits per heavy atom. The Morgan fingerprint density at radius 3 is 2.50 bits per heavy atom. The van der Waals surface area contributed by atoms with Gasteiger partial charge in [0.05, 0.1) is 0 Å². The van der Waals surface area contributed by atoms with Gasteiger partial charge in [0, 0.05) is 12.4 Å². The number of aryl methyl sites for hydroxylation is 1. The van der Waals surface area contributed by atoms with Crippen LogP contribution in [0.25, 0.3) is 5.95 Å². The number of nitrogens with zero attached hydrogens (tertiary/aromatic N) is 5. The number of hydrogen-bond donors (Lipinski definition) is 1. The van der Waals surface area contributed by atoms with Gasteiger partial charge in [0.2, 0.25) is 10.7 Å². The Labute approximate surface area is 88.3 Å². The summed E-state index contributed by atoms with van der Waals surface area (Å²) >= 11 is 3.20. The van der Waals surface area contributed by atoms with E-state index in [1.165, 1.54) is 4.68 Å². The van der Waals surface area contributed by atoms with Crippen molar-refractivity contribution in [1.29, 1.82) is 0 Å². The van der Waals surface area contributed by atoms with E-state index in [1.54, 1.807) is 12.4 Å². The zero-order chi connectivity index (χ0) is 10.1. The van der Waals surface area contributed by atoms with Crippen molar-refractivity contribution in [3.63, 3.8) is 0 Å². The molecule has 0 spiro atoms. The third-order valence-corrected chi connectivity index (χ3v) is 2.05. The van der Waals surface area contributed by atoms with E-state index in [0.29, 0.717) is 10.7 Å². The minimum absolute atomic E-state index is 0.182. The lowest BCUT2D eigenvalue weighted by Gasteiger charge is -1.98. The van der Waals surface area contributed by atoms with Crippen molar-refractivity contribution in [3.05, 3.63) is 22.7 Å². The first kappa shape index (κ1) is 9.07. The number of rotatable bonds is 1. The first-order chi connectivity index (χ1) is 6.66. The highest BCUT2D eigenvalue weighted by atomic mass is 79.9. The van der Waals surface area contributed by atoms with E-state index in [4.69, 9.17) is 5.73 Å². The molecule has 0 radical (unpaired) electrons. The molecule has 14 heavy (non-hydrogen) atoms. The summed E-state index contributed by atoms with van der Waals surface area (Å²) in [6.45, 7) is 1.91. The fourth-order valence-corrected chi connectivity index (χ4v) is 1.35. The van der Waals surface area contributed by atoms with Crippen molar-refractivity contribution in [2.45, 2.75) is 6.92 Å². The molecule has 0 aliphatic heterocycles. The van der Waals surface area contributed by atoms with E-state index in [0.717, 1.165) is 5.56 Å². The fourth-order valence-electron chi connectivity index (χ4n) is 0.930. The molecule has 0 fully saturated rings. The van der Waals surface area contributed by atoms with Gasteiger partial charge in [-0.25, -0.2) is 9.97 Å². The third-order valence-electron chi connectivity index (χ3n) is 1.54. The number of nitrogens with two attached hydrogens (primary N) is 1. The maximum absolute atomic E-state index is 5.42. The first-order valence-electron chi connectivity index (χ1n) is 3.84. The van der Waals surface area contributed by atoms with Gasteiger partial charge in [0.15, 0.2) is 0 Å². The summed E-state index contributed by atoms with van der Waals surface area (Å²) in [7, 11) is 0. The Kier molecular flexibility index (Phi) is 2.16. The highest BCUT2D eigenvalue weighted by Crippen LogP contribution is 2.11. The molecule has 2 aromatic heterocycles. The van der Waals surface area contributed by atoms with E-state index in [9.17, 15) is 0 Å². The van der Waals surface area contributed by atoms with Gasteiger partial charge in [-0.1, -0.05) is 0 Å². The summed E-state index contributed by atoms with van der Waals surface area (Å²) < 4.78 is 1.91. The number of anilines is 1. The van der Waals surface area contributed by atoms with E-state index in [1.807, 2.05) is 6.92 Å². The summed E-state index contributed by atoms with van der Waals surface area (Å²) in [5, 5.41) is 3.92. The molecule has 72 valence electrons. The van der Waals surface area contributed by atoms with Crippen LogP contribution in [0.4, 0.5) is 5.95 Å². The lowest BCUT2D eigenvalue weighted by Crippen LogP contribution is -2.03. The quantitative estimate of drug-likeness (QED) is 0.811. The smallest absolute Gasteiger partial charge is 0.253 e. The van der Waals surface area contributed by atoms with Gasteiger partial charge in [0.25, 0.3) is 5.95 Å². The molecule has 0 bridgehead atoms.